The highest BCUT2D eigenvalue weighted by atomic mass is 19.4. The van der Waals surface area contributed by atoms with Gasteiger partial charge in [0.05, 0.1) is 13.2 Å². The predicted octanol–water partition coefficient (Wildman–Crippen LogP) is -1.10. The molecule has 0 aliphatic carbocycles. The Hall–Kier alpha value is -4.00. The summed E-state index contributed by atoms with van der Waals surface area (Å²) in [7, 11) is 0. The lowest BCUT2D eigenvalue weighted by molar-refractivity contribution is -0.193. The van der Waals surface area contributed by atoms with Crippen LogP contribution in [-0.2, 0) is 30.4 Å². The fraction of sp³-hybridized carbons (Fsp3) is 0.412. The molecule has 13 nitrogen and oxygen atoms in total. The zero-order chi connectivity index (χ0) is 28.7. The van der Waals surface area contributed by atoms with E-state index in [1.54, 1.807) is 18.3 Å². The molecule has 19 heteroatoms. The Labute approximate surface area is 196 Å². The lowest BCUT2D eigenvalue weighted by Gasteiger charge is -2.20. The van der Waals surface area contributed by atoms with Crippen molar-refractivity contribution < 1.29 is 70.7 Å². The average Bonchev–Trinajstić information content (AvgIpc) is 2.76. The Bertz CT molecular complexity index is 858. The first-order chi connectivity index (χ1) is 16.4. The number of carboxylic acids is 3. The monoisotopic (exact) mass is 538 g/mol. The minimum Gasteiger partial charge on any atom is -0.480 e. The second-order valence-corrected chi connectivity index (χ2v) is 6.08. The van der Waals surface area contributed by atoms with Crippen molar-refractivity contribution >= 4 is 29.7 Å². The number of nitrogens with two attached hydrogens (primary N) is 1. The molecule has 1 heterocycles. The first-order valence-electron chi connectivity index (χ1n) is 8.99. The van der Waals surface area contributed by atoms with Crippen LogP contribution in [0.5, 0.6) is 0 Å². The lowest BCUT2D eigenvalue weighted by atomic mass is 10.1. The summed E-state index contributed by atoms with van der Waals surface area (Å²) in [6.45, 7) is -1.06. The molecule has 1 aromatic heterocycles. The van der Waals surface area contributed by atoms with Crippen molar-refractivity contribution in [2.24, 2.45) is 5.73 Å². The summed E-state index contributed by atoms with van der Waals surface area (Å²) in [5, 5.41) is 36.6. The molecule has 1 rings (SSSR count). The number of hydrogen-bond donors (Lipinski definition) is 7. The number of carbonyl (C=O) groups is 5. The molecule has 0 unspecified atom stereocenters. The number of hydrogen-bond acceptors (Lipinski definition) is 8. The van der Waals surface area contributed by atoms with Gasteiger partial charge in [-0.25, -0.2) is 14.4 Å². The van der Waals surface area contributed by atoms with E-state index in [4.69, 9.17) is 35.7 Å². The number of aliphatic carboxylic acids is 3. The zero-order valence-corrected chi connectivity index (χ0v) is 17.7. The van der Waals surface area contributed by atoms with Gasteiger partial charge < -0.3 is 36.8 Å². The molecule has 0 aliphatic rings. The number of rotatable bonds is 8. The molecule has 0 saturated carbocycles. The van der Waals surface area contributed by atoms with Crippen molar-refractivity contribution in [3.8, 4) is 0 Å². The maximum absolute atomic E-state index is 12.1. The molecule has 0 aromatic carbocycles. The smallest absolute Gasteiger partial charge is 0.480 e. The number of aliphatic hydroxyl groups is 1. The Morgan fingerprint density at radius 1 is 0.917 bits per heavy atom. The summed E-state index contributed by atoms with van der Waals surface area (Å²) in [6.07, 6.45) is -6.97. The van der Waals surface area contributed by atoms with Gasteiger partial charge in [-0.1, -0.05) is 6.07 Å². The number of carboxylic acid groups (broad SMARTS) is 3. The number of halogens is 6. The molecule has 0 bridgehead atoms. The van der Waals surface area contributed by atoms with Crippen LogP contribution in [0.25, 0.3) is 0 Å². The fourth-order valence-electron chi connectivity index (χ4n) is 1.67. The molecule has 204 valence electrons. The Balaban J connectivity index is 0. The summed E-state index contributed by atoms with van der Waals surface area (Å²) in [5.74, 6) is -8.17. The average molecular weight is 538 g/mol. The third-order valence-corrected chi connectivity index (χ3v) is 3.28. The first-order valence-corrected chi connectivity index (χ1v) is 8.99. The van der Waals surface area contributed by atoms with Crippen LogP contribution < -0.4 is 16.4 Å². The van der Waals surface area contributed by atoms with Crippen LogP contribution in [-0.4, -0.2) is 92.7 Å². The highest BCUT2D eigenvalue weighted by molar-refractivity contribution is 5.91. The molecule has 36 heavy (non-hydrogen) atoms. The maximum atomic E-state index is 12.1. The van der Waals surface area contributed by atoms with Gasteiger partial charge >= 0.3 is 30.3 Å². The van der Waals surface area contributed by atoms with E-state index < -0.39 is 60.8 Å². The number of carbonyl (C=O) groups excluding carboxylic acids is 2. The van der Waals surface area contributed by atoms with Crippen LogP contribution in [0.4, 0.5) is 26.3 Å². The van der Waals surface area contributed by atoms with Gasteiger partial charge in [-0.2, -0.15) is 26.3 Å². The predicted molar refractivity (Wildman–Crippen MR) is 103 cm³/mol. The van der Waals surface area contributed by atoms with Crippen LogP contribution in [0.2, 0.25) is 0 Å². The number of pyridine rings is 1. The summed E-state index contributed by atoms with van der Waals surface area (Å²) in [5.41, 5.74) is 5.88. The first kappa shape index (κ1) is 34.2. The highest BCUT2D eigenvalue weighted by Crippen LogP contribution is 2.13. The van der Waals surface area contributed by atoms with Crippen LogP contribution in [0.15, 0.2) is 24.5 Å². The molecule has 0 saturated heterocycles. The molecule has 2 amide bonds. The quantitative estimate of drug-likeness (QED) is 0.196. The minimum absolute atomic E-state index is 0.114. The van der Waals surface area contributed by atoms with Crippen molar-refractivity contribution in [1.82, 2.24) is 15.6 Å². The summed E-state index contributed by atoms with van der Waals surface area (Å²) in [6, 6.07) is 0.915. The number of nitrogens with zero attached hydrogens (tertiary/aromatic N) is 1. The SMILES string of the molecule is NCC(=O)N[C@@H](Cc1cccnc1)C(=O)N[C@@H](CO)C(=O)O.O=C(O)C(F)(F)F.O=C(O)C(F)(F)F. The van der Waals surface area contributed by atoms with E-state index in [1.807, 2.05) is 0 Å². The van der Waals surface area contributed by atoms with Crippen molar-refractivity contribution in [2.75, 3.05) is 13.2 Å². The van der Waals surface area contributed by atoms with E-state index in [-0.39, 0.29) is 13.0 Å². The topological polar surface area (TPSA) is 229 Å². The number of amides is 2. The molecular formula is C17H20F6N4O9. The molecule has 1 aromatic rings. The standard InChI is InChI=1S/C13H18N4O5.2C2HF3O2/c14-5-11(19)16-9(4-8-2-1-3-15-6-8)12(20)17-10(7-18)13(21)22;2*3-2(4,5)1(6)7/h1-3,6,9-10,18H,4-5,7,14H2,(H,16,19)(H,17,20)(H,21,22);2*(H,6,7)/t9-,10-;;/m0../s1. The molecule has 0 radical (unpaired) electrons. The summed E-state index contributed by atoms with van der Waals surface area (Å²) >= 11 is 0. The van der Waals surface area contributed by atoms with Crippen LogP contribution in [0, 0.1) is 0 Å². The molecule has 0 spiro atoms. The Kier molecular flexibility index (Phi) is 15.0. The zero-order valence-electron chi connectivity index (χ0n) is 17.7. The molecule has 8 N–H and O–H groups in total. The third kappa shape index (κ3) is 15.8. The van der Waals surface area contributed by atoms with E-state index in [0.717, 1.165) is 0 Å². The maximum Gasteiger partial charge on any atom is 0.490 e. The lowest BCUT2D eigenvalue weighted by Crippen LogP contribution is -2.54. The number of nitrogens with one attached hydrogen (secondary N) is 2. The fourth-order valence-corrected chi connectivity index (χ4v) is 1.67. The highest BCUT2D eigenvalue weighted by Gasteiger charge is 2.38. The van der Waals surface area contributed by atoms with Crippen LogP contribution in [0.1, 0.15) is 5.56 Å². The normalized spacial score (nSPS) is 12.3. The second-order valence-electron chi connectivity index (χ2n) is 6.08. The summed E-state index contributed by atoms with van der Waals surface area (Å²) in [4.78, 5) is 56.0. The largest absolute Gasteiger partial charge is 0.490 e. The molecule has 2 atom stereocenters. The van der Waals surface area contributed by atoms with Crippen molar-refractivity contribution in [2.45, 2.75) is 30.9 Å². The number of aliphatic hydroxyl groups excluding tert-OH is 1. The minimum atomic E-state index is -5.08. The number of aromatic nitrogens is 1. The van der Waals surface area contributed by atoms with E-state index in [2.05, 4.69) is 15.6 Å². The van der Waals surface area contributed by atoms with E-state index in [0.29, 0.717) is 5.56 Å². The molecule has 0 fully saturated rings. The third-order valence-electron chi connectivity index (χ3n) is 3.28. The van der Waals surface area contributed by atoms with Crippen LogP contribution >= 0.6 is 0 Å². The van der Waals surface area contributed by atoms with E-state index >= 15 is 0 Å². The molecule has 0 aliphatic heterocycles. The van der Waals surface area contributed by atoms with Gasteiger partial charge in [-0.3, -0.25) is 14.6 Å². The van der Waals surface area contributed by atoms with Crippen LogP contribution in [0.3, 0.4) is 0 Å². The number of alkyl halides is 6. The van der Waals surface area contributed by atoms with Gasteiger partial charge in [0.25, 0.3) is 0 Å². The van der Waals surface area contributed by atoms with Gasteiger partial charge in [0.15, 0.2) is 0 Å². The van der Waals surface area contributed by atoms with Gasteiger partial charge in [-0.15, -0.1) is 0 Å². The van der Waals surface area contributed by atoms with Crippen molar-refractivity contribution in [3.05, 3.63) is 30.1 Å². The van der Waals surface area contributed by atoms with Gasteiger partial charge in [0.2, 0.25) is 11.8 Å². The van der Waals surface area contributed by atoms with Gasteiger partial charge in [-0.05, 0) is 11.6 Å². The van der Waals surface area contributed by atoms with Gasteiger partial charge in [0, 0.05) is 18.8 Å². The van der Waals surface area contributed by atoms with E-state index in [9.17, 15) is 40.7 Å². The van der Waals surface area contributed by atoms with Crippen molar-refractivity contribution in [3.63, 3.8) is 0 Å². The molecular weight excluding hydrogens is 518 g/mol. The Morgan fingerprint density at radius 3 is 1.69 bits per heavy atom. The second kappa shape index (κ2) is 15.8. The summed E-state index contributed by atoms with van der Waals surface area (Å²) < 4.78 is 63.5. The Morgan fingerprint density at radius 2 is 1.39 bits per heavy atom. The van der Waals surface area contributed by atoms with Crippen molar-refractivity contribution in [1.29, 1.82) is 0 Å². The van der Waals surface area contributed by atoms with Gasteiger partial charge in [0.1, 0.15) is 12.1 Å². The van der Waals surface area contributed by atoms with E-state index in [1.165, 1.54) is 6.20 Å².